The topological polar surface area (TPSA) is 85.6 Å². The van der Waals surface area contributed by atoms with Crippen LogP contribution >= 0.6 is 11.3 Å². The van der Waals surface area contributed by atoms with Crippen molar-refractivity contribution in [3.8, 4) is 5.75 Å². The Bertz CT molecular complexity index is 1210. The highest BCUT2D eigenvalue weighted by Gasteiger charge is 2.22. The highest BCUT2D eigenvalue weighted by molar-refractivity contribution is 7.22. The van der Waals surface area contributed by atoms with Crippen molar-refractivity contribution in [1.29, 1.82) is 0 Å². The molecule has 0 bridgehead atoms. The maximum atomic E-state index is 13.3. The molecule has 3 aromatic carbocycles. The van der Waals surface area contributed by atoms with E-state index >= 15 is 0 Å². The van der Waals surface area contributed by atoms with Crippen molar-refractivity contribution < 1.29 is 14.5 Å². The summed E-state index contributed by atoms with van der Waals surface area (Å²) in [7, 11) is 1.60. The molecule has 0 N–H and O–H groups in total. The summed E-state index contributed by atoms with van der Waals surface area (Å²) in [6.45, 7) is 0.327. The molecule has 4 rings (SSSR count). The molecule has 4 aromatic rings. The van der Waals surface area contributed by atoms with Gasteiger partial charge >= 0.3 is 0 Å². The van der Waals surface area contributed by atoms with Gasteiger partial charge in [-0.3, -0.25) is 19.8 Å². The largest absolute Gasteiger partial charge is 0.497 e. The van der Waals surface area contributed by atoms with Crippen molar-refractivity contribution in [2.75, 3.05) is 12.0 Å². The van der Waals surface area contributed by atoms with Crippen molar-refractivity contribution in [3.63, 3.8) is 0 Å². The number of hydrogen-bond acceptors (Lipinski definition) is 6. The lowest BCUT2D eigenvalue weighted by atomic mass is 10.1. The van der Waals surface area contributed by atoms with Gasteiger partial charge in [0, 0.05) is 17.7 Å². The molecule has 0 unspecified atom stereocenters. The maximum absolute atomic E-state index is 13.3. The van der Waals surface area contributed by atoms with Gasteiger partial charge in [0.1, 0.15) is 5.75 Å². The van der Waals surface area contributed by atoms with Crippen LogP contribution in [-0.2, 0) is 6.54 Å². The van der Waals surface area contributed by atoms with E-state index in [0.717, 1.165) is 15.8 Å². The van der Waals surface area contributed by atoms with E-state index in [0.29, 0.717) is 23.0 Å². The van der Waals surface area contributed by atoms with Gasteiger partial charge in [0.25, 0.3) is 11.6 Å². The standard InChI is InChI=1S/C22H17N3O4S/c1-29-18-11-12-19-20(13-18)30-22(23-19)24(14-15-5-3-2-4-6-15)21(26)16-7-9-17(10-8-16)25(27)28/h2-13H,14H2,1H3. The van der Waals surface area contributed by atoms with Gasteiger partial charge < -0.3 is 4.74 Å². The van der Waals surface area contributed by atoms with E-state index in [1.807, 2.05) is 48.5 Å². The zero-order chi connectivity index (χ0) is 21.1. The lowest BCUT2D eigenvalue weighted by Crippen LogP contribution is -2.30. The molecule has 150 valence electrons. The third kappa shape index (κ3) is 3.99. The molecule has 7 nitrogen and oxygen atoms in total. The molecule has 0 atom stereocenters. The minimum absolute atomic E-state index is 0.0618. The first-order valence-electron chi connectivity index (χ1n) is 9.10. The molecule has 0 saturated heterocycles. The number of amides is 1. The van der Waals surface area contributed by atoms with Crippen LogP contribution in [0, 0.1) is 10.1 Å². The normalized spacial score (nSPS) is 10.7. The average molecular weight is 419 g/mol. The Balaban J connectivity index is 1.74. The fourth-order valence-corrected chi connectivity index (χ4v) is 4.00. The molecule has 0 aliphatic heterocycles. The van der Waals surface area contributed by atoms with Crippen molar-refractivity contribution in [2.24, 2.45) is 0 Å². The fraction of sp³-hybridized carbons (Fsp3) is 0.0909. The van der Waals surface area contributed by atoms with Crippen molar-refractivity contribution >= 4 is 38.3 Å². The molecule has 0 radical (unpaired) electrons. The first-order chi connectivity index (χ1) is 14.5. The lowest BCUT2D eigenvalue weighted by Gasteiger charge is -2.20. The molecule has 0 saturated carbocycles. The fourth-order valence-electron chi connectivity index (χ4n) is 3.01. The molecule has 0 aliphatic rings. The highest BCUT2D eigenvalue weighted by Crippen LogP contribution is 2.33. The molecule has 30 heavy (non-hydrogen) atoms. The number of non-ortho nitro benzene ring substituents is 1. The predicted octanol–water partition coefficient (Wildman–Crippen LogP) is 5.06. The number of nitrogens with zero attached hydrogens (tertiary/aromatic N) is 3. The molecule has 0 spiro atoms. The zero-order valence-electron chi connectivity index (χ0n) is 16.0. The van der Waals surface area contributed by atoms with Gasteiger partial charge in [-0.1, -0.05) is 41.7 Å². The summed E-state index contributed by atoms with van der Waals surface area (Å²) in [6, 6.07) is 20.8. The minimum atomic E-state index is -0.489. The van der Waals surface area contributed by atoms with Crippen LogP contribution < -0.4 is 9.64 Å². The molecule has 0 aliphatic carbocycles. The van der Waals surface area contributed by atoms with Crippen molar-refractivity contribution in [2.45, 2.75) is 6.54 Å². The Morgan fingerprint density at radius 3 is 2.50 bits per heavy atom. The van der Waals surface area contributed by atoms with Crippen LogP contribution in [0.2, 0.25) is 0 Å². The van der Waals surface area contributed by atoms with Crippen LogP contribution in [0.5, 0.6) is 5.75 Å². The zero-order valence-corrected chi connectivity index (χ0v) is 16.8. The molecule has 1 heterocycles. The third-order valence-corrected chi connectivity index (χ3v) is 5.61. The number of aromatic nitrogens is 1. The van der Waals surface area contributed by atoms with E-state index in [1.165, 1.54) is 35.6 Å². The highest BCUT2D eigenvalue weighted by atomic mass is 32.1. The summed E-state index contributed by atoms with van der Waals surface area (Å²) < 4.78 is 6.18. The lowest BCUT2D eigenvalue weighted by molar-refractivity contribution is -0.384. The molecule has 1 amide bonds. The van der Waals surface area contributed by atoms with Gasteiger partial charge in [0.2, 0.25) is 0 Å². The average Bonchev–Trinajstić information content (AvgIpc) is 3.20. The predicted molar refractivity (Wildman–Crippen MR) is 116 cm³/mol. The number of carbonyl (C=O) groups excluding carboxylic acids is 1. The summed E-state index contributed by atoms with van der Waals surface area (Å²) in [5.41, 5.74) is 2.01. The van der Waals surface area contributed by atoms with E-state index in [1.54, 1.807) is 12.0 Å². The number of thiazole rings is 1. The Morgan fingerprint density at radius 1 is 1.10 bits per heavy atom. The number of carbonyl (C=O) groups is 1. The van der Waals surface area contributed by atoms with E-state index in [2.05, 4.69) is 4.98 Å². The van der Waals surface area contributed by atoms with Crippen LogP contribution in [0.25, 0.3) is 10.2 Å². The van der Waals surface area contributed by atoms with Crippen LogP contribution in [0.15, 0.2) is 72.8 Å². The summed E-state index contributed by atoms with van der Waals surface area (Å²) in [4.78, 5) is 30.0. The number of ether oxygens (including phenoxy) is 1. The molecular weight excluding hydrogens is 402 g/mol. The van der Waals surface area contributed by atoms with E-state index in [9.17, 15) is 14.9 Å². The first kappa shape index (κ1) is 19.5. The van der Waals surface area contributed by atoms with Crippen LogP contribution in [0.1, 0.15) is 15.9 Å². The molecule has 0 fully saturated rings. The minimum Gasteiger partial charge on any atom is -0.497 e. The smallest absolute Gasteiger partial charge is 0.269 e. The van der Waals surface area contributed by atoms with E-state index in [4.69, 9.17) is 4.74 Å². The van der Waals surface area contributed by atoms with Crippen LogP contribution in [-0.4, -0.2) is 22.9 Å². The van der Waals surface area contributed by atoms with Gasteiger partial charge in [-0.25, -0.2) is 4.98 Å². The SMILES string of the molecule is COc1ccc2nc(N(Cc3ccccc3)C(=O)c3ccc([N+](=O)[O-])cc3)sc2c1. The number of hydrogen-bond donors (Lipinski definition) is 0. The quantitative estimate of drug-likeness (QED) is 0.322. The first-order valence-corrected chi connectivity index (χ1v) is 9.91. The van der Waals surface area contributed by atoms with Crippen LogP contribution in [0.3, 0.4) is 0 Å². The summed E-state index contributed by atoms with van der Waals surface area (Å²) in [5, 5.41) is 11.5. The number of anilines is 1. The van der Waals surface area contributed by atoms with Gasteiger partial charge in [0.05, 0.1) is 28.8 Å². The second-order valence-electron chi connectivity index (χ2n) is 6.51. The Morgan fingerprint density at radius 2 is 1.83 bits per heavy atom. The van der Waals surface area contributed by atoms with Gasteiger partial charge in [0.15, 0.2) is 5.13 Å². The second kappa shape index (κ2) is 8.30. The number of methoxy groups -OCH3 is 1. The van der Waals surface area contributed by atoms with Gasteiger partial charge in [-0.15, -0.1) is 0 Å². The maximum Gasteiger partial charge on any atom is 0.269 e. The van der Waals surface area contributed by atoms with Gasteiger partial charge in [-0.2, -0.15) is 0 Å². The molecular formula is C22H17N3O4S. The van der Waals surface area contributed by atoms with Crippen LogP contribution in [0.4, 0.5) is 10.8 Å². The summed E-state index contributed by atoms with van der Waals surface area (Å²) >= 11 is 1.39. The molecule has 8 heteroatoms. The summed E-state index contributed by atoms with van der Waals surface area (Å²) in [6.07, 6.45) is 0. The second-order valence-corrected chi connectivity index (χ2v) is 7.52. The van der Waals surface area contributed by atoms with Gasteiger partial charge in [-0.05, 0) is 35.9 Å². The Hall–Kier alpha value is -3.78. The van der Waals surface area contributed by atoms with Crippen molar-refractivity contribution in [3.05, 3.63) is 94.0 Å². The summed E-state index contributed by atoms with van der Waals surface area (Å²) in [5.74, 6) is 0.439. The Labute approximate surface area is 176 Å². The van der Waals surface area contributed by atoms with E-state index in [-0.39, 0.29) is 11.6 Å². The monoisotopic (exact) mass is 419 g/mol. The molecule has 1 aromatic heterocycles. The number of fused-ring (bicyclic) bond motifs is 1. The number of benzene rings is 3. The number of nitro benzene ring substituents is 1. The number of nitro groups is 1. The van der Waals surface area contributed by atoms with Crippen molar-refractivity contribution in [1.82, 2.24) is 4.98 Å². The third-order valence-electron chi connectivity index (χ3n) is 4.57. The number of rotatable bonds is 6. The van der Waals surface area contributed by atoms with E-state index < -0.39 is 4.92 Å². The Kier molecular flexibility index (Phi) is 5.40.